The van der Waals surface area contributed by atoms with Crippen LogP contribution in [0.5, 0.6) is 0 Å². The number of hydrogen-bond acceptors (Lipinski definition) is 8. The van der Waals surface area contributed by atoms with Gasteiger partial charge in [-0.15, -0.1) is 0 Å². The van der Waals surface area contributed by atoms with Crippen LogP contribution in [0.4, 0.5) is 17.8 Å². The minimum atomic E-state index is 0.669. The average molecular weight is 387 g/mol. The molecule has 0 aromatic carbocycles. The van der Waals surface area contributed by atoms with Crippen LogP contribution in [0.3, 0.4) is 0 Å². The lowest BCUT2D eigenvalue weighted by atomic mass is 10.1. The minimum Gasteiger partial charge on any atom is -0.341 e. The van der Waals surface area contributed by atoms with Gasteiger partial charge in [0.1, 0.15) is 0 Å². The van der Waals surface area contributed by atoms with Gasteiger partial charge in [0.05, 0.1) is 0 Å². The van der Waals surface area contributed by atoms with E-state index in [-0.39, 0.29) is 0 Å². The lowest BCUT2D eigenvalue weighted by Crippen LogP contribution is -2.35. The summed E-state index contributed by atoms with van der Waals surface area (Å²) in [4.78, 5) is 21.5. The van der Waals surface area contributed by atoms with E-state index in [1.165, 1.54) is 44.2 Å². The van der Waals surface area contributed by atoms with E-state index in [1.807, 2.05) is 12.1 Å². The van der Waals surface area contributed by atoms with Crippen LogP contribution in [0.2, 0.25) is 0 Å². The quantitative estimate of drug-likeness (QED) is 0.736. The standard InChI is InChI=1S/C20H34N8/c1-25-15-9-17(10-16-25)24-26(2)18-21-19(27-11-5-3-6-12-27)23-20(22-18)28-13-7-4-8-14-28/h3-16H2,1-2H3. The molecule has 0 N–H and O–H groups in total. The predicted molar refractivity (Wildman–Crippen MR) is 115 cm³/mol. The molecule has 1 aromatic rings. The molecular weight excluding hydrogens is 352 g/mol. The Balaban J connectivity index is 1.59. The Morgan fingerprint density at radius 3 is 1.71 bits per heavy atom. The second kappa shape index (κ2) is 9.03. The molecule has 0 bridgehead atoms. The maximum Gasteiger partial charge on any atom is 0.252 e. The molecule has 8 heteroatoms. The molecule has 0 unspecified atom stereocenters. The van der Waals surface area contributed by atoms with Crippen molar-refractivity contribution in [1.29, 1.82) is 0 Å². The number of hydrazone groups is 1. The highest BCUT2D eigenvalue weighted by Crippen LogP contribution is 2.24. The highest BCUT2D eigenvalue weighted by Gasteiger charge is 2.22. The van der Waals surface area contributed by atoms with Crippen molar-refractivity contribution < 1.29 is 0 Å². The first-order valence-corrected chi connectivity index (χ1v) is 10.9. The Morgan fingerprint density at radius 1 is 0.714 bits per heavy atom. The summed E-state index contributed by atoms with van der Waals surface area (Å²) in [6.07, 6.45) is 9.49. The molecule has 4 rings (SSSR count). The van der Waals surface area contributed by atoms with Gasteiger partial charge in [0.15, 0.2) is 0 Å². The fourth-order valence-corrected chi connectivity index (χ4v) is 4.19. The van der Waals surface area contributed by atoms with E-state index in [2.05, 4.69) is 21.7 Å². The topological polar surface area (TPSA) is 64.0 Å². The van der Waals surface area contributed by atoms with Crippen molar-refractivity contribution in [2.75, 3.05) is 68.2 Å². The molecule has 3 saturated heterocycles. The SMILES string of the molecule is CN1CCC(=NN(C)c2nc(N3CCCCC3)nc(N3CCCCC3)n2)CC1. The largest absolute Gasteiger partial charge is 0.341 e. The van der Waals surface area contributed by atoms with Crippen LogP contribution in [-0.4, -0.2) is 78.9 Å². The van der Waals surface area contributed by atoms with Crippen LogP contribution >= 0.6 is 0 Å². The Hall–Kier alpha value is -1.96. The number of nitrogens with zero attached hydrogens (tertiary/aromatic N) is 8. The van der Waals surface area contributed by atoms with E-state index in [4.69, 9.17) is 20.1 Å². The Kier molecular flexibility index (Phi) is 6.24. The first-order valence-electron chi connectivity index (χ1n) is 10.9. The molecule has 28 heavy (non-hydrogen) atoms. The van der Waals surface area contributed by atoms with Crippen molar-refractivity contribution in [3.8, 4) is 0 Å². The van der Waals surface area contributed by atoms with Crippen molar-refractivity contribution in [3.63, 3.8) is 0 Å². The number of piperidine rings is 3. The summed E-state index contributed by atoms with van der Waals surface area (Å²) in [5, 5.41) is 6.71. The van der Waals surface area contributed by atoms with E-state index < -0.39 is 0 Å². The Bertz CT molecular complexity index is 633. The molecule has 154 valence electrons. The van der Waals surface area contributed by atoms with Gasteiger partial charge in [-0.1, -0.05) is 0 Å². The summed E-state index contributed by atoms with van der Waals surface area (Å²) in [7, 11) is 4.14. The fraction of sp³-hybridized carbons (Fsp3) is 0.800. The molecule has 4 heterocycles. The summed E-state index contributed by atoms with van der Waals surface area (Å²) in [6, 6.07) is 0. The van der Waals surface area contributed by atoms with E-state index in [0.29, 0.717) is 5.95 Å². The zero-order chi connectivity index (χ0) is 19.3. The van der Waals surface area contributed by atoms with Gasteiger partial charge in [0, 0.05) is 64.9 Å². The molecular formula is C20H34N8. The normalized spacial score (nSPS) is 21.7. The zero-order valence-electron chi connectivity index (χ0n) is 17.5. The number of hydrogen-bond donors (Lipinski definition) is 0. The molecule has 0 spiro atoms. The number of likely N-dealkylation sites (tertiary alicyclic amines) is 1. The lowest BCUT2D eigenvalue weighted by Gasteiger charge is -2.31. The van der Waals surface area contributed by atoms with Crippen LogP contribution in [0.15, 0.2) is 5.10 Å². The van der Waals surface area contributed by atoms with Crippen LogP contribution in [-0.2, 0) is 0 Å². The Morgan fingerprint density at radius 2 is 1.21 bits per heavy atom. The van der Waals surface area contributed by atoms with E-state index >= 15 is 0 Å². The highest BCUT2D eigenvalue weighted by molar-refractivity contribution is 5.86. The smallest absolute Gasteiger partial charge is 0.252 e. The third kappa shape index (κ3) is 4.71. The molecule has 8 nitrogen and oxygen atoms in total. The van der Waals surface area contributed by atoms with E-state index in [0.717, 1.165) is 64.0 Å². The minimum absolute atomic E-state index is 0.669. The molecule has 0 radical (unpaired) electrons. The highest BCUT2D eigenvalue weighted by atomic mass is 15.5. The van der Waals surface area contributed by atoms with Gasteiger partial charge in [-0.25, -0.2) is 5.01 Å². The monoisotopic (exact) mass is 386 g/mol. The van der Waals surface area contributed by atoms with Gasteiger partial charge < -0.3 is 14.7 Å². The first-order chi connectivity index (χ1) is 13.7. The van der Waals surface area contributed by atoms with Crippen molar-refractivity contribution in [1.82, 2.24) is 19.9 Å². The molecule has 0 aliphatic carbocycles. The average Bonchev–Trinajstić information content (AvgIpc) is 2.76. The maximum atomic E-state index is 4.87. The Labute approximate surface area is 168 Å². The molecule has 0 atom stereocenters. The maximum absolute atomic E-state index is 4.87. The summed E-state index contributed by atoms with van der Waals surface area (Å²) in [5.41, 5.74) is 1.24. The lowest BCUT2D eigenvalue weighted by molar-refractivity contribution is 0.335. The van der Waals surface area contributed by atoms with Crippen LogP contribution in [0.1, 0.15) is 51.4 Å². The number of aromatic nitrogens is 3. The molecule has 1 aromatic heterocycles. The van der Waals surface area contributed by atoms with Crippen molar-refractivity contribution in [2.45, 2.75) is 51.4 Å². The summed E-state index contributed by atoms with van der Waals surface area (Å²) in [5.74, 6) is 2.31. The third-order valence-corrected chi connectivity index (χ3v) is 6.02. The van der Waals surface area contributed by atoms with Gasteiger partial charge in [-0.2, -0.15) is 20.1 Å². The molecule has 0 amide bonds. The fourth-order valence-electron chi connectivity index (χ4n) is 4.19. The van der Waals surface area contributed by atoms with Gasteiger partial charge in [0.25, 0.3) is 5.95 Å². The summed E-state index contributed by atoms with van der Waals surface area (Å²) < 4.78 is 0. The first kappa shape index (κ1) is 19.4. The zero-order valence-corrected chi connectivity index (χ0v) is 17.5. The van der Waals surface area contributed by atoms with Gasteiger partial charge >= 0.3 is 0 Å². The molecule has 0 saturated carbocycles. The van der Waals surface area contributed by atoms with Crippen LogP contribution in [0.25, 0.3) is 0 Å². The number of anilines is 3. The van der Waals surface area contributed by atoms with Crippen molar-refractivity contribution in [2.24, 2.45) is 5.10 Å². The van der Waals surface area contributed by atoms with E-state index in [1.54, 1.807) is 0 Å². The second-order valence-electron chi connectivity index (χ2n) is 8.32. The van der Waals surface area contributed by atoms with E-state index in [9.17, 15) is 0 Å². The van der Waals surface area contributed by atoms with Crippen molar-refractivity contribution >= 4 is 23.6 Å². The van der Waals surface area contributed by atoms with Crippen LogP contribution < -0.4 is 14.8 Å². The van der Waals surface area contributed by atoms with Crippen molar-refractivity contribution in [3.05, 3.63) is 0 Å². The van der Waals surface area contributed by atoms with Gasteiger partial charge in [-0.3, -0.25) is 0 Å². The third-order valence-electron chi connectivity index (χ3n) is 6.02. The number of rotatable bonds is 4. The van der Waals surface area contributed by atoms with Gasteiger partial charge in [0.2, 0.25) is 11.9 Å². The van der Waals surface area contributed by atoms with Gasteiger partial charge in [-0.05, 0) is 45.6 Å². The van der Waals surface area contributed by atoms with Crippen LogP contribution in [0, 0.1) is 0 Å². The second-order valence-corrected chi connectivity index (χ2v) is 8.32. The summed E-state index contributed by atoms with van der Waals surface area (Å²) in [6.45, 7) is 6.28. The molecule has 3 aliphatic heterocycles. The molecule has 3 fully saturated rings. The summed E-state index contributed by atoms with van der Waals surface area (Å²) >= 11 is 0. The molecule has 3 aliphatic rings. The predicted octanol–water partition coefficient (Wildman–Crippen LogP) is 2.37.